The largest absolute Gasteiger partial charge is 0.396 e. The molecule has 1 aromatic rings. The van der Waals surface area contributed by atoms with Crippen molar-refractivity contribution < 1.29 is 9.90 Å². The highest BCUT2D eigenvalue weighted by Gasteiger charge is 2.22. The zero-order valence-electron chi connectivity index (χ0n) is 7.92. The molecule has 2 N–H and O–H groups in total. The molecule has 0 saturated carbocycles. The molecule has 0 heterocycles. The Morgan fingerprint density at radius 3 is 3.00 bits per heavy atom. The van der Waals surface area contributed by atoms with Crippen molar-refractivity contribution in [3.05, 3.63) is 29.3 Å². The van der Waals surface area contributed by atoms with Gasteiger partial charge < -0.3 is 10.4 Å². The van der Waals surface area contributed by atoms with E-state index >= 15 is 0 Å². The Morgan fingerprint density at radius 1 is 1.43 bits per heavy atom. The minimum absolute atomic E-state index is 0.191. The molecule has 1 aromatic carbocycles. The molecular weight excluding hydrogens is 178 g/mol. The average molecular weight is 191 g/mol. The molecule has 1 aliphatic carbocycles. The molecule has 2 rings (SSSR count). The lowest BCUT2D eigenvalue weighted by atomic mass is 9.87. The molecule has 0 amide bonds. The maximum atomic E-state index is 11.1. The fraction of sp³-hybridized carbons (Fsp3) is 0.364. The lowest BCUT2D eigenvalue weighted by Crippen LogP contribution is -2.18. The van der Waals surface area contributed by atoms with Crippen LogP contribution in [0.4, 0.5) is 5.69 Å². The number of ketones is 1. The molecule has 0 fully saturated rings. The number of aliphatic hydroxyl groups excluding tert-OH is 1. The highest BCUT2D eigenvalue weighted by Crippen LogP contribution is 2.25. The fourth-order valence-corrected chi connectivity index (χ4v) is 1.57. The smallest absolute Gasteiger partial charge is 0.167 e. The summed E-state index contributed by atoms with van der Waals surface area (Å²) in [5.74, 6) is 0.228. The third-order valence-electron chi connectivity index (χ3n) is 2.43. The Morgan fingerprint density at radius 2 is 2.29 bits per heavy atom. The van der Waals surface area contributed by atoms with E-state index in [2.05, 4.69) is 5.32 Å². The van der Waals surface area contributed by atoms with Gasteiger partial charge in [-0.1, -0.05) is 6.07 Å². The van der Waals surface area contributed by atoms with Crippen molar-refractivity contribution in [1.82, 2.24) is 0 Å². The summed E-state index contributed by atoms with van der Waals surface area (Å²) in [6.07, 6.45) is 1.32. The number of benzene rings is 1. The standard InChI is InChI=1S/C11H13NO2/c13-5-1-4-12-9-3-2-8-6-11(14)10(8)7-9/h2-3,7,12-13H,1,4-6H2. The summed E-state index contributed by atoms with van der Waals surface area (Å²) in [5, 5.41) is 11.8. The second-order valence-electron chi connectivity index (χ2n) is 3.48. The summed E-state index contributed by atoms with van der Waals surface area (Å²) in [6.45, 7) is 0.931. The highest BCUT2D eigenvalue weighted by atomic mass is 16.3. The van der Waals surface area contributed by atoms with E-state index in [-0.39, 0.29) is 12.4 Å². The number of rotatable bonds is 4. The number of nitrogens with one attached hydrogen (secondary N) is 1. The number of anilines is 1. The van der Waals surface area contributed by atoms with Crippen molar-refractivity contribution in [2.24, 2.45) is 0 Å². The van der Waals surface area contributed by atoms with Gasteiger partial charge in [0.1, 0.15) is 0 Å². The van der Waals surface area contributed by atoms with E-state index < -0.39 is 0 Å². The predicted octanol–water partition coefficient (Wildman–Crippen LogP) is 1.22. The van der Waals surface area contributed by atoms with Gasteiger partial charge in [-0.3, -0.25) is 4.79 Å². The molecule has 14 heavy (non-hydrogen) atoms. The van der Waals surface area contributed by atoms with Crippen LogP contribution in [0, 0.1) is 0 Å². The molecule has 3 heteroatoms. The van der Waals surface area contributed by atoms with Gasteiger partial charge in [-0.15, -0.1) is 0 Å². The lowest BCUT2D eigenvalue weighted by molar-refractivity contribution is 0.0968. The second-order valence-corrected chi connectivity index (χ2v) is 3.48. The van der Waals surface area contributed by atoms with Gasteiger partial charge in [-0.25, -0.2) is 0 Å². The van der Waals surface area contributed by atoms with E-state index in [1.54, 1.807) is 0 Å². The molecular formula is C11H13NO2. The third-order valence-corrected chi connectivity index (χ3v) is 2.43. The maximum Gasteiger partial charge on any atom is 0.167 e. The van der Waals surface area contributed by atoms with Gasteiger partial charge in [-0.2, -0.15) is 0 Å². The quantitative estimate of drug-likeness (QED) is 0.703. The first-order chi connectivity index (χ1) is 6.81. The van der Waals surface area contributed by atoms with Gasteiger partial charge in [-0.05, 0) is 24.1 Å². The zero-order chi connectivity index (χ0) is 9.97. The predicted molar refractivity (Wildman–Crippen MR) is 54.7 cm³/mol. The summed E-state index contributed by atoms with van der Waals surface area (Å²) >= 11 is 0. The van der Waals surface area contributed by atoms with E-state index in [1.165, 1.54) is 0 Å². The molecule has 0 bridgehead atoms. The van der Waals surface area contributed by atoms with Crippen LogP contribution in [0.3, 0.4) is 0 Å². The summed E-state index contributed by atoms with van der Waals surface area (Å²) in [7, 11) is 0. The van der Waals surface area contributed by atoms with Crippen molar-refractivity contribution in [2.75, 3.05) is 18.5 Å². The number of carbonyl (C=O) groups is 1. The maximum absolute atomic E-state index is 11.1. The summed E-state index contributed by atoms with van der Waals surface area (Å²) < 4.78 is 0. The van der Waals surface area contributed by atoms with Gasteiger partial charge in [0.2, 0.25) is 0 Å². The van der Waals surface area contributed by atoms with Crippen LogP contribution in [0.2, 0.25) is 0 Å². The van der Waals surface area contributed by atoms with Crippen LogP contribution in [0.15, 0.2) is 18.2 Å². The molecule has 0 saturated heterocycles. The number of hydrogen-bond acceptors (Lipinski definition) is 3. The number of Topliss-reactive ketones (excluding diaryl/α,β-unsaturated/α-hetero) is 1. The highest BCUT2D eigenvalue weighted by molar-refractivity contribution is 6.07. The number of hydrogen-bond donors (Lipinski definition) is 2. The molecule has 0 atom stereocenters. The van der Waals surface area contributed by atoms with Crippen LogP contribution in [0.5, 0.6) is 0 Å². The molecule has 0 aliphatic heterocycles. The van der Waals surface area contributed by atoms with Gasteiger partial charge >= 0.3 is 0 Å². The Hall–Kier alpha value is -1.35. The SMILES string of the molecule is O=C1Cc2ccc(NCCCO)cc21. The Labute approximate surface area is 82.8 Å². The van der Waals surface area contributed by atoms with Crippen molar-refractivity contribution in [3.63, 3.8) is 0 Å². The zero-order valence-corrected chi connectivity index (χ0v) is 7.92. The Bertz CT molecular complexity index is 360. The van der Waals surface area contributed by atoms with Crippen LogP contribution in [0.25, 0.3) is 0 Å². The van der Waals surface area contributed by atoms with Crippen LogP contribution in [-0.2, 0) is 6.42 Å². The van der Waals surface area contributed by atoms with Crippen molar-refractivity contribution in [1.29, 1.82) is 0 Å². The first-order valence-electron chi connectivity index (χ1n) is 4.82. The number of fused-ring (bicyclic) bond motifs is 1. The van der Waals surface area contributed by atoms with E-state index in [4.69, 9.17) is 5.11 Å². The molecule has 1 aliphatic rings. The minimum atomic E-state index is 0.191. The van der Waals surface area contributed by atoms with Crippen LogP contribution in [0.1, 0.15) is 22.3 Å². The molecule has 0 aromatic heterocycles. The summed E-state index contributed by atoms with van der Waals surface area (Å²) in [4.78, 5) is 11.1. The van der Waals surface area contributed by atoms with Crippen molar-refractivity contribution >= 4 is 11.5 Å². The molecule has 0 spiro atoms. The van der Waals surface area contributed by atoms with Gasteiger partial charge in [0.15, 0.2) is 5.78 Å². The fourth-order valence-electron chi connectivity index (χ4n) is 1.57. The monoisotopic (exact) mass is 191 g/mol. The van der Waals surface area contributed by atoms with Crippen molar-refractivity contribution in [3.8, 4) is 0 Å². The average Bonchev–Trinajstić information content (AvgIpc) is 2.19. The minimum Gasteiger partial charge on any atom is -0.396 e. The topological polar surface area (TPSA) is 49.3 Å². The molecule has 3 nitrogen and oxygen atoms in total. The normalized spacial score (nSPS) is 13.4. The summed E-state index contributed by atoms with van der Waals surface area (Å²) in [6, 6.07) is 5.85. The van der Waals surface area contributed by atoms with Gasteiger partial charge in [0, 0.05) is 30.8 Å². The number of aliphatic hydroxyl groups is 1. The third kappa shape index (κ3) is 1.63. The van der Waals surface area contributed by atoms with Crippen molar-refractivity contribution in [2.45, 2.75) is 12.8 Å². The van der Waals surface area contributed by atoms with Gasteiger partial charge in [0.25, 0.3) is 0 Å². The Kier molecular flexibility index (Phi) is 2.50. The number of carbonyl (C=O) groups excluding carboxylic acids is 1. The van der Waals surface area contributed by atoms with E-state index in [0.717, 1.165) is 29.8 Å². The molecule has 0 unspecified atom stereocenters. The summed E-state index contributed by atoms with van der Waals surface area (Å²) in [5.41, 5.74) is 2.95. The lowest BCUT2D eigenvalue weighted by Gasteiger charge is -2.18. The molecule has 0 radical (unpaired) electrons. The van der Waals surface area contributed by atoms with E-state index in [1.807, 2.05) is 18.2 Å². The van der Waals surface area contributed by atoms with E-state index in [0.29, 0.717) is 6.42 Å². The van der Waals surface area contributed by atoms with E-state index in [9.17, 15) is 4.79 Å². The van der Waals surface area contributed by atoms with Gasteiger partial charge in [0.05, 0.1) is 0 Å². The first-order valence-corrected chi connectivity index (χ1v) is 4.82. The first kappa shape index (κ1) is 9.21. The van der Waals surface area contributed by atoms with Crippen LogP contribution >= 0.6 is 0 Å². The Balaban J connectivity index is 2.02. The molecule has 74 valence electrons. The second kappa shape index (κ2) is 3.80. The van der Waals surface area contributed by atoms with Crippen LogP contribution in [-0.4, -0.2) is 24.0 Å². The van der Waals surface area contributed by atoms with Crippen LogP contribution < -0.4 is 5.32 Å².